The third-order valence-corrected chi connectivity index (χ3v) is 6.58. The van der Waals surface area contributed by atoms with Crippen LogP contribution < -0.4 is 5.32 Å². The summed E-state index contributed by atoms with van der Waals surface area (Å²) < 4.78 is 1.62. The van der Waals surface area contributed by atoms with Crippen LogP contribution in [0.1, 0.15) is 28.4 Å². The molecular weight excluding hydrogens is 454 g/mol. The first-order valence-corrected chi connectivity index (χ1v) is 11.5. The molecule has 1 fully saturated rings. The summed E-state index contributed by atoms with van der Waals surface area (Å²) in [4.78, 5) is 34.3. The Bertz CT molecular complexity index is 1660. The van der Waals surface area contributed by atoms with Gasteiger partial charge >= 0.3 is 0 Å². The van der Waals surface area contributed by atoms with E-state index in [1.807, 2.05) is 35.2 Å². The summed E-state index contributed by atoms with van der Waals surface area (Å²) >= 11 is 0. The Hall–Kier alpha value is -4.97. The zero-order valence-electron chi connectivity index (χ0n) is 19.2. The summed E-state index contributed by atoms with van der Waals surface area (Å²) in [5, 5.41) is 12.2. The molecule has 1 aliphatic heterocycles. The zero-order valence-corrected chi connectivity index (χ0v) is 19.2. The number of benzene rings is 1. The lowest BCUT2D eigenvalue weighted by molar-refractivity contribution is -0.111. The van der Waals surface area contributed by atoms with Gasteiger partial charge in [0.25, 0.3) is 11.8 Å². The number of rotatable bonds is 4. The van der Waals surface area contributed by atoms with Crippen LogP contribution in [0.5, 0.6) is 0 Å². The van der Waals surface area contributed by atoms with Crippen molar-refractivity contribution in [2.75, 3.05) is 18.4 Å². The number of amides is 2. The van der Waals surface area contributed by atoms with Crippen molar-refractivity contribution in [3.8, 4) is 23.5 Å². The molecule has 0 bridgehead atoms. The molecule has 0 aliphatic carbocycles. The largest absolute Gasteiger partial charge is 0.343 e. The molecule has 2 amide bonds. The van der Waals surface area contributed by atoms with Gasteiger partial charge in [-0.3, -0.25) is 9.59 Å². The number of likely N-dealkylation sites (tertiary alicyclic amines) is 1. The van der Waals surface area contributed by atoms with Gasteiger partial charge in [0.1, 0.15) is 5.65 Å². The van der Waals surface area contributed by atoms with E-state index in [-0.39, 0.29) is 11.8 Å². The monoisotopic (exact) mass is 475 g/mol. The second kappa shape index (κ2) is 8.67. The SMILES string of the molecule is C#CC(=O)Nc1ccc(C(=O)N2CC[C@@H](c3cc4c(-c5cnn6ncccc56)ccnc4[nH]3)C2)cc1. The normalized spacial score (nSPS) is 15.3. The molecule has 9 nitrogen and oxygen atoms in total. The highest BCUT2D eigenvalue weighted by Gasteiger charge is 2.29. The summed E-state index contributed by atoms with van der Waals surface area (Å²) in [7, 11) is 0. The molecule has 0 unspecified atom stereocenters. The predicted octanol–water partition coefficient (Wildman–Crippen LogP) is 3.47. The standard InChI is InChI=1S/C27H21N7O2/c1-2-25(35)31-19-7-5-17(6-8-19)27(36)33-13-10-18(16-33)23-14-21-20(9-12-28-26(21)32-23)22-15-30-34-24(22)4-3-11-29-34/h1,3-9,11-12,14-15,18H,10,13,16H2,(H,28,32)(H,31,35)/t18-/m1/s1. The number of anilines is 1. The summed E-state index contributed by atoms with van der Waals surface area (Å²) in [5.74, 6) is 1.62. The lowest BCUT2D eigenvalue weighted by Crippen LogP contribution is -2.28. The van der Waals surface area contributed by atoms with Gasteiger partial charge in [0, 0.05) is 59.3 Å². The van der Waals surface area contributed by atoms with Crippen molar-refractivity contribution in [3.63, 3.8) is 0 Å². The molecule has 2 N–H and O–H groups in total. The smallest absolute Gasteiger partial charge is 0.300 e. The second-order valence-corrected chi connectivity index (χ2v) is 8.71. The average Bonchev–Trinajstić information content (AvgIpc) is 3.66. The van der Waals surface area contributed by atoms with Crippen molar-refractivity contribution < 1.29 is 9.59 Å². The Morgan fingerprint density at radius 3 is 2.78 bits per heavy atom. The van der Waals surface area contributed by atoms with Crippen LogP contribution >= 0.6 is 0 Å². The van der Waals surface area contributed by atoms with Crippen LogP contribution in [0.3, 0.4) is 0 Å². The number of aromatic nitrogens is 5. The fourth-order valence-electron chi connectivity index (χ4n) is 4.79. The van der Waals surface area contributed by atoms with Gasteiger partial charge in [0.05, 0.1) is 11.7 Å². The van der Waals surface area contributed by atoms with E-state index in [2.05, 4.69) is 31.5 Å². The third-order valence-electron chi connectivity index (χ3n) is 6.58. The van der Waals surface area contributed by atoms with E-state index >= 15 is 0 Å². The highest BCUT2D eigenvalue weighted by atomic mass is 16.2. The number of hydrogen-bond acceptors (Lipinski definition) is 5. The predicted molar refractivity (Wildman–Crippen MR) is 135 cm³/mol. The Kier molecular flexibility index (Phi) is 5.19. The molecule has 5 heterocycles. The molecule has 9 heteroatoms. The highest BCUT2D eigenvalue weighted by Crippen LogP contribution is 2.35. The number of terminal acetylenes is 1. The maximum atomic E-state index is 13.1. The molecule has 176 valence electrons. The number of pyridine rings is 1. The molecule has 1 aliphatic rings. The molecule has 1 saturated heterocycles. The first-order chi connectivity index (χ1) is 17.6. The van der Waals surface area contributed by atoms with Crippen molar-refractivity contribution in [1.29, 1.82) is 0 Å². The number of carbonyl (C=O) groups is 2. The van der Waals surface area contributed by atoms with E-state index in [0.717, 1.165) is 39.8 Å². The molecule has 1 atom stereocenters. The number of aromatic amines is 1. The minimum absolute atomic E-state index is 0.0406. The topological polar surface area (TPSA) is 108 Å². The number of H-pyrrole nitrogens is 1. The number of nitrogens with zero attached hydrogens (tertiary/aromatic N) is 5. The Morgan fingerprint density at radius 2 is 1.94 bits per heavy atom. The molecule has 6 rings (SSSR count). The summed E-state index contributed by atoms with van der Waals surface area (Å²) in [6.45, 7) is 1.27. The zero-order chi connectivity index (χ0) is 24.6. The van der Waals surface area contributed by atoms with Crippen LogP contribution in [-0.2, 0) is 4.79 Å². The Balaban J connectivity index is 1.23. The second-order valence-electron chi connectivity index (χ2n) is 8.71. The van der Waals surface area contributed by atoms with Gasteiger partial charge in [-0.1, -0.05) is 0 Å². The fourth-order valence-corrected chi connectivity index (χ4v) is 4.79. The van der Waals surface area contributed by atoms with E-state index in [1.165, 1.54) is 0 Å². The molecule has 5 aromatic rings. The molecule has 0 saturated carbocycles. The quantitative estimate of drug-likeness (QED) is 0.387. The molecular formula is C27H21N7O2. The molecule has 1 aromatic carbocycles. The van der Waals surface area contributed by atoms with Gasteiger partial charge in [-0.15, -0.1) is 6.42 Å². The van der Waals surface area contributed by atoms with Gasteiger partial charge in [-0.2, -0.15) is 14.8 Å². The minimum atomic E-state index is -0.523. The van der Waals surface area contributed by atoms with Gasteiger partial charge < -0.3 is 15.2 Å². The number of hydrogen-bond donors (Lipinski definition) is 2. The van der Waals surface area contributed by atoms with E-state index in [4.69, 9.17) is 6.42 Å². The molecule has 4 aromatic heterocycles. The third kappa shape index (κ3) is 3.75. The molecule has 36 heavy (non-hydrogen) atoms. The Labute approximate surface area is 206 Å². The summed E-state index contributed by atoms with van der Waals surface area (Å²) in [6, 6.07) is 14.8. The van der Waals surface area contributed by atoms with Gasteiger partial charge in [0.2, 0.25) is 0 Å². The van der Waals surface area contributed by atoms with Crippen LogP contribution in [0, 0.1) is 12.3 Å². The maximum absolute atomic E-state index is 13.1. The van der Waals surface area contributed by atoms with Crippen molar-refractivity contribution in [2.24, 2.45) is 0 Å². The first-order valence-electron chi connectivity index (χ1n) is 11.5. The van der Waals surface area contributed by atoms with Gasteiger partial charge in [-0.25, -0.2) is 4.98 Å². The number of fused-ring (bicyclic) bond motifs is 2. The highest BCUT2D eigenvalue weighted by molar-refractivity contribution is 6.04. The van der Waals surface area contributed by atoms with Gasteiger partial charge in [0.15, 0.2) is 0 Å². The molecule has 0 radical (unpaired) electrons. The van der Waals surface area contributed by atoms with Crippen molar-refractivity contribution >= 4 is 34.1 Å². The summed E-state index contributed by atoms with van der Waals surface area (Å²) in [5.41, 5.74) is 5.94. The summed E-state index contributed by atoms with van der Waals surface area (Å²) in [6.07, 6.45) is 11.3. The van der Waals surface area contributed by atoms with E-state index in [0.29, 0.717) is 24.3 Å². The fraction of sp³-hybridized carbons (Fsp3) is 0.148. The van der Waals surface area contributed by atoms with Crippen LogP contribution in [0.25, 0.3) is 27.7 Å². The van der Waals surface area contributed by atoms with E-state index in [1.54, 1.807) is 41.3 Å². The van der Waals surface area contributed by atoms with Crippen molar-refractivity contribution in [2.45, 2.75) is 12.3 Å². The van der Waals surface area contributed by atoms with Gasteiger partial charge in [-0.05, 0) is 66.4 Å². The van der Waals surface area contributed by atoms with Crippen LogP contribution in [0.2, 0.25) is 0 Å². The molecule has 0 spiro atoms. The Morgan fingerprint density at radius 1 is 1.08 bits per heavy atom. The van der Waals surface area contributed by atoms with E-state index in [9.17, 15) is 9.59 Å². The van der Waals surface area contributed by atoms with E-state index < -0.39 is 5.91 Å². The van der Waals surface area contributed by atoms with Crippen molar-refractivity contribution in [1.82, 2.24) is 29.7 Å². The lowest BCUT2D eigenvalue weighted by atomic mass is 10.0. The van der Waals surface area contributed by atoms with Crippen molar-refractivity contribution in [3.05, 3.63) is 78.4 Å². The first kappa shape index (κ1) is 21.6. The number of carbonyl (C=O) groups excluding carboxylic acids is 2. The van der Waals surface area contributed by atoms with Crippen LogP contribution in [-0.4, -0.2) is 54.6 Å². The minimum Gasteiger partial charge on any atom is -0.343 e. The lowest BCUT2D eigenvalue weighted by Gasteiger charge is -2.16. The van der Waals surface area contributed by atoms with Crippen LogP contribution in [0.4, 0.5) is 5.69 Å². The maximum Gasteiger partial charge on any atom is 0.300 e. The van der Waals surface area contributed by atoms with Crippen LogP contribution in [0.15, 0.2) is 67.1 Å². The average molecular weight is 476 g/mol. The number of nitrogens with one attached hydrogen (secondary N) is 2.